The zero-order chi connectivity index (χ0) is 20.1. The molecular weight excluding hydrogens is 348 g/mol. The molecule has 28 heavy (non-hydrogen) atoms. The van der Waals surface area contributed by atoms with E-state index in [-0.39, 0.29) is 12.1 Å². The highest BCUT2D eigenvalue weighted by molar-refractivity contribution is 5.69. The molecule has 0 aromatic rings. The molecule has 4 rings (SSSR count). The van der Waals surface area contributed by atoms with Crippen molar-refractivity contribution in [3.63, 3.8) is 0 Å². The first kappa shape index (κ1) is 20.4. The van der Waals surface area contributed by atoms with E-state index in [2.05, 4.69) is 26.8 Å². The van der Waals surface area contributed by atoms with Gasteiger partial charge in [0.2, 0.25) is 0 Å². The van der Waals surface area contributed by atoms with Crippen LogP contribution in [0.2, 0.25) is 0 Å². The van der Waals surface area contributed by atoms with Crippen molar-refractivity contribution in [1.29, 1.82) is 0 Å². The van der Waals surface area contributed by atoms with Crippen LogP contribution < -0.4 is 0 Å². The summed E-state index contributed by atoms with van der Waals surface area (Å²) >= 11 is 0. The number of carbonyl (C=O) groups is 1. The lowest BCUT2D eigenvalue weighted by Gasteiger charge is -2.58. The lowest BCUT2D eigenvalue weighted by atomic mass is 9.47. The summed E-state index contributed by atoms with van der Waals surface area (Å²) in [5, 5.41) is 10.2. The molecule has 0 spiro atoms. The minimum atomic E-state index is -0.115. The second-order valence-electron chi connectivity index (χ2n) is 11.0. The fourth-order valence-electron chi connectivity index (χ4n) is 8.27. The van der Waals surface area contributed by atoms with Gasteiger partial charge in [0.25, 0.3) is 0 Å². The largest absolute Gasteiger partial charge is 0.469 e. The Bertz CT molecular complexity index is 640. The van der Waals surface area contributed by atoms with Gasteiger partial charge in [-0.1, -0.05) is 32.4 Å². The first-order valence-corrected chi connectivity index (χ1v) is 11.7. The molecule has 0 aliphatic heterocycles. The van der Waals surface area contributed by atoms with E-state index in [1.807, 2.05) is 0 Å². The van der Waals surface area contributed by atoms with Crippen LogP contribution in [0.15, 0.2) is 11.6 Å². The van der Waals surface area contributed by atoms with E-state index in [0.717, 1.165) is 42.9 Å². The topological polar surface area (TPSA) is 46.5 Å². The summed E-state index contributed by atoms with van der Waals surface area (Å²) in [6.07, 6.45) is 13.6. The SMILES string of the molecule is COC(=O)CC[C@@H](C)[C@H]1CC[C@H]2[C@@H]3CC=C4CC(O)CC[C@]4(C)[C@H]3CC[C@]12C. The minimum absolute atomic E-state index is 0.0624. The minimum Gasteiger partial charge on any atom is -0.469 e. The maximum Gasteiger partial charge on any atom is 0.305 e. The Balaban J connectivity index is 1.51. The molecule has 8 atom stereocenters. The van der Waals surface area contributed by atoms with E-state index in [9.17, 15) is 9.90 Å². The molecule has 3 fully saturated rings. The van der Waals surface area contributed by atoms with Gasteiger partial charge in [-0.2, -0.15) is 0 Å². The number of methoxy groups -OCH3 is 1. The summed E-state index contributed by atoms with van der Waals surface area (Å²) in [5.74, 6) is 3.74. The standard InChI is InChI=1S/C25H40O3/c1-16(5-10-23(27)28-4)20-8-9-21-19-7-6-17-15-18(26)11-13-24(17,2)22(19)12-14-25(20,21)3/h6,16,18-22,26H,5,7-15H2,1-4H3/t16-,18?,19+,20-,21+,22+,24+,25-/m1/s1. The number of fused-ring (bicyclic) bond motifs is 5. The maximum atomic E-state index is 11.6. The quantitative estimate of drug-likeness (QED) is 0.510. The van der Waals surface area contributed by atoms with Gasteiger partial charge in [0.1, 0.15) is 0 Å². The first-order chi connectivity index (χ1) is 13.3. The normalized spacial score (nSPS) is 46.0. The number of ether oxygens (including phenoxy) is 1. The molecule has 1 N–H and O–H groups in total. The van der Waals surface area contributed by atoms with Crippen molar-refractivity contribution in [2.75, 3.05) is 7.11 Å². The Morgan fingerprint density at radius 2 is 2.00 bits per heavy atom. The number of aliphatic hydroxyl groups is 1. The summed E-state index contributed by atoms with van der Waals surface area (Å²) in [6.45, 7) is 7.46. The Morgan fingerprint density at radius 3 is 2.75 bits per heavy atom. The number of aliphatic hydroxyl groups excluding tert-OH is 1. The van der Waals surface area contributed by atoms with E-state index < -0.39 is 0 Å². The Hall–Kier alpha value is -0.830. The third kappa shape index (κ3) is 3.16. The monoisotopic (exact) mass is 388 g/mol. The average Bonchev–Trinajstić information content (AvgIpc) is 3.03. The zero-order valence-electron chi connectivity index (χ0n) is 18.4. The lowest BCUT2D eigenvalue weighted by Crippen LogP contribution is -2.50. The molecule has 4 aliphatic rings. The van der Waals surface area contributed by atoms with Crippen LogP contribution in [0.4, 0.5) is 0 Å². The van der Waals surface area contributed by atoms with E-state index >= 15 is 0 Å². The third-order valence-electron chi connectivity index (χ3n) is 9.87. The maximum absolute atomic E-state index is 11.6. The molecular formula is C25H40O3. The van der Waals surface area contributed by atoms with Gasteiger partial charge in [-0.3, -0.25) is 4.79 Å². The van der Waals surface area contributed by atoms with Crippen LogP contribution in [-0.2, 0) is 9.53 Å². The number of allylic oxidation sites excluding steroid dienone is 1. The van der Waals surface area contributed by atoms with Gasteiger partial charge in [0.15, 0.2) is 0 Å². The van der Waals surface area contributed by atoms with Crippen LogP contribution in [0.1, 0.15) is 85.0 Å². The van der Waals surface area contributed by atoms with Gasteiger partial charge in [0.05, 0.1) is 13.2 Å². The van der Waals surface area contributed by atoms with Gasteiger partial charge < -0.3 is 9.84 Å². The van der Waals surface area contributed by atoms with E-state index in [0.29, 0.717) is 23.2 Å². The van der Waals surface area contributed by atoms with Crippen molar-refractivity contribution in [2.24, 2.45) is 40.4 Å². The van der Waals surface area contributed by atoms with Gasteiger partial charge >= 0.3 is 5.97 Å². The van der Waals surface area contributed by atoms with E-state index in [4.69, 9.17) is 4.74 Å². The number of hydrogen-bond donors (Lipinski definition) is 1. The number of hydrogen-bond acceptors (Lipinski definition) is 3. The van der Waals surface area contributed by atoms with Crippen LogP contribution in [0, 0.1) is 40.4 Å². The van der Waals surface area contributed by atoms with Crippen LogP contribution in [0.5, 0.6) is 0 Å². The molecule has 3 nitrogen and oxygen atoms in total. The summed E-state index contributed by atoms with van der Waals surface area (Å²) < 4.78 is 4.87. The van der Waals surface area contributed by atoms with Crippen LogP contribution in [-0.4, -0.2) is 24.3 Å². The smallest absolute Gasteiger partial charge is 0.305 e. The van der Waals surface area contributed by atoms with Crippen molar-refractivity contribution in [1.82, 2.24) is 0 Å². The summed E-state index contributed by atoms with van der Waals surface area (Å²) in [5.41, 5.74) is 2.34. The molecule has 4 aliphatic carbocycles. The highest BCUT2D eigenvalue weighted by atomic mass is 16.5. The molecule has 158 valence electrons. The highest BCUT2D eigenvalue weighted by Crippen LogP contribution is 2.67. The molecule has 0 radical (unpaired) electrons. The number of carbonyl (C=O) groups excluding carboxylic acids is 1. The van der Waals surface area contributed by atoms with Crippen molar-refractivity contribution in [2.45, 2.75) is 91.1 Å². The predicted molar refractivity (Wildman–Crippen MR) is 112 cm³/mol. The molecule has 0 saturated heterocycles. The Kier molecular flexibility index (Phi) is 5.44. The summed E-state index contributed by atoms with van der Waals surface area (Å²) in [7, 11) is 1.50. The van der Waals surface area contributed by atoms with Crippen molar-refractivity contribution >= 4 is 5.97 Å². The zero-order valence-corrected chi connectivity index (χ0v) is 18.4. The van der Waals surface area contributed by atoms with Gasteiger partial charge in [-0.05, 0) is 98.2 Å². The second-order valence-corrected chi connectivity index (χ2v) is 11.0. The highest BCUT2D eigenvalue weighted by Gasteiger charge is 2.59. The first-order valence-electron chi connectivity index (χ1n) is 11.7. The van der Waals surface area contributed by atoms with Gasteiger partial charge in [0, 0.05) is 6.42 Å². The molecule has 0 amide bonds. The molecule has 0 heterocycles. The summed E-state index contributed by atoms with van der Waals surface area (Å²) in [6, 6.07) is 0. The Morgan fingerprint density at radius 1 is 1.21 bits per heavy atom. The van der Waals surface area contributed by atoms with E-state index in [1.54, 1.807) is 5.57 Å². The summed E-state index contributed by atoms with van der Waals surface area (Å²) in [4.78, 5) is 11.6. The number of rotatable bonds is 4. The average molecular weight is 389 g/mol. The third-order valence-corrected chi connectivity index (χ3v) is 9.87. The van der Waals surface area contributed by atoms with Gasteiger partial charge in [-0.25, -0.2) is 0 Å². The Labute approximate surface area is 171 Å². The molecule has 3 saturated carbocycles. The molecule has 0 aromatic heterocycles. The van der Waals surface area contributed by atoms with Gasteiger partial charge in [-0.15, -0.1) is 0 Å². The number of esters is 1. The molecule has 3 heteroatoms. The van der Waals surface area contributed by atoms with Crippen LogP contribution >= 0.6 is 0 Å². The van der Waals surface area contributed by atoms with Crippen LogP contribution in [0.3, 0.4) is 0 Å². The second kappa shape index (κ2) is 7.45. The van der Waals surface area contributed by atoms with Crippen molar-refractivity contribution in [3.8, 4) is 0 Å². The van der Waals surface area contributed by atoms with Crippen LogP contribution in [0.25, 0.3) is 0 Å². The molecule has 1 unspecified atom stereocenters. The van der Waals surface area contributed by atoms with Crippen molar-refractivity contribution in [3.05, 3.63) is 11.6 Å². The fourth-order valence-corrected chi connectivity index (χ4v) is 8.27. The predicted octanol–water partition coefficient (Wildman–Crippen LogP) is 5.52. The fraction of sp³-hybridized carbons (Fsp3) is 0.880. The lowest BCUT2D eigenvalue weighted by molar-refractivity contribution is -0.141. The van der Waals surface area contributed by atoms with E-state index in [1.165, 1.54) is 45.6 Å². The molecule has 0 aromatic carbocycles. The van der Waals surface area contributed by atoms with Crippen molar-refractivity contribution < 1.29 is 14.6 Å². The molecule has 0 bridgehead atoms.